The molecule has 0 bridgehead atoms. The monoisotopic (exact) mass is 383 g/mol. The predicted molar refractivity (Wildman–Crippen MR) is 111 cm³/mol. The second-order valence-corrected chi connectivity index (χ2v) is 6.98. The zero-order chi connectivity index (χ0) is 19.8. The lowest BCUT2D eigenvalue weighted by Crippen LogP contribution is -2.44. The van der Waals surface area contributed by atoms with Crippen LogP contribution < -0.4 is 10.1 Å². The average Bonchev–Trinajstić information content (AvgIpc) is 2.73. The molecule has 1 aliphatic heterocycles. The number of hydrogen-bond donors (Lipinski definition) is 1. The summed E-state index contributed by atoms with van der Waals surface area (Å²) in [6.07, 6.45) is 0. The molecule has 0 atom stereocenters. The lowest BCUT2D eigenvalue weighted by molar-refractivity contribution is 0.0349. The topological polar surface area (TPSA) is 54.0 Å². The molecule has 2 aromatic rings. The SMILES string of the molecule is COc1ccccc1CN(CCN1CCOCC1)C(=O)Nc1ccc(C)cc1. The average molecular weight is 383 g/mol. The number of nitrogens with one attached hydrogen (secondary N) is 1. The molecular weight excluding hydrogens is 354 g/mol. The summed E-state index contributed by atoms with van der Waals surface area (Å²) in [5, 5.41) is 3.02. The molecule has 0 aromatic heterocycles. The van der Waals surface area contributed by atoms with E-state index in [4.69, 9.17) is 9.47 Å². The number of anilines is 1. The summed E-state index contributed by atoms with van der Waals surface area (Å²) in [5.41, 5.74) is 2.95. The number of aryl methyl sites for hydroxylation is 1. The van der Waals surface area contributed by atoms with Gasteiger partial charge < -0.3 is 19.7 Å². The van der Waals surface area contributed by atoms with Gasteiger partial charge in [0, 0.05) is 37.4 Å². The van der Waals surface area contributed by atoms with Crippen molar-refractivity contribution in [3.05, 3.63) is 59.7 Å². The third-order valence-electron chi connectivity index (χ3n) is 4.93. The van der Waals surface area contributed by atoms with Crippen molar-refractivity contribution in [2.45, 2.75) is 13.5 Å². The fraction of sp³-hybridized carbons (Fsp3) is 0.409. The summed E-state index contributed by atoms with van der Waals surface area (Å²) in [6.45, 7) is 7.29. The van der Waals surface area contributed by atoms with Gasteiger partial charge in [0.2, 0.25) is 0 Å². The van der Waals surface area contributed by atoms with Crippen LogP contribution in [0.2, 0.25) is 0 Å². The fourth-order valence-electron chi connectivity index (χ4n) is 3.22. The van der Waals surface area contributed by atoms with Crippen molar-refractivity contribution in [2.75, 3.05) is 51.8 Å². The molecule has 2 aromatic carbocycles. The van der Waals surface area contributed by atoms with E-state index < -0.39 is 0 Å². The molecule has 0 spiro atoms. The van der Waals surface area contributed by atoms with Crippen LogP contribution >= 0.6 is 0 Å². The highest BCUT2D eigenvalue weighted by molar-refractivity contribution is 5.89. The van der Waals surface area contributed by atoms with Crippen molar-refractivity contribution in [3.8, 4) is 5.75 Å². The Morgan fingerprint density at radius 2 is 1.86 bits per heavy atom. The molecule has 1 heterocycles. The molecular formula is C22H29N3O3. The highest BCUT2D eigenvalue weighted by Crippen LogP contribution is 2.20. The molecule has 1 fully saturated rings. The van der Waals surface area contributed by atoms with Crippen LogP contribution in [0.4, 0.5) is 10.5 Å². The minimum atomic E-state index is -0.108. The zero-order valence-electron chi connectivity index (χ0n) is 16.7. The third-order valence-corrected chi connectivity index (χ3v) is 4.93. The summed E-state index contributed by atoms with van der Waals surface area (Å²) in [6, 6.07) is 15.6. The summed E-state index contributed by atoms with van der Waals surface area (Å²) < 4.78 is 10.9. The van der Waals surface area contributed by atoms with Gasteiger partial charge in [0.15, 0.2) is 0 Å². The minimum absolute atomic E-state index is 0.108. The van der Waals surface area contributed by atoms with Crippen LogP contribution in [0.25, 0.3) is 0 Å². The zero-order valence-corrected chi connectivity index (χ0v) is 16.7. The Morgan fingerprint density at radius 1 is 1.14 bits per heavy atom. The summed E-state index contributed by atoms with van der Waals surface area (Å²) in [4.78, 5) is 17.2. The number of methoxy groups -OCH3 is 1. The molecule has 1 N–H and O–H groups in total. The van der Waals surface area contributed by atoms with E-state index in [1.807, 2.05) is 60.4 Å². The van der Waals surface area contributed by atoms with Gasteiger partial charge in [-0.2, -0.15) is 0 Å². The molecule has 0 unspecified atom stereocenters. The Hall–Kier alpha value is -2.57. The normalized spacial score (nSPS) is 14.5. The predicted octanol–water partition coefficient (Wildman–Crippen LogP) is 3.37. The second-order valence-electron chi connectivity index (χ2n) is 6.98. The molecule has 28 heavy (non-hydrogen) atoms. The number of morpholine rings is 1. The number of carbonyl (C=O) groups excluding carboxylic acids is 1. The number of urea groups is 1. The maximum Gasteiger partial charge on any atom is 0.322 e. The minimum Gasteiger partial charge on any atom is -0.496 e. The molecule has 0 radical (unpaired) electrons. The van der Waals surface area contributed by atoms with Crippen molar-refractivity contribution in [3.63, 3.8) is 0 Å². The van der Waals surface area contributed by atoms with Crippen LogP contribution in [0.5, 0.6) is 5.75 Å². The first-order chi connectivity index (χ1) is 13.7. The first-order valence-corrected chi connectivity index (χ1v) is 9.70. The molecule has 2 amide bonds. The van der Waals surface area contributed by atoms with E-state index in [1.54, 1.807) is 7.11 Å². The van der Waals surface area contributed by atoms with Crippen LogP contribution in [-0.2, 0) is 11.3 Å². The number of ether oxygens (including phenoxy) is 2. The second kappa shape index (κ2) is 10.1. The van der Waals surface area contributed by atoms with E-state index in [0.717, 1.165) is 55.4 Å². The van der Waals surface area contributed by atoms with Crippen molar-refractivity contribution in [1.29, 1.82) is 0 Å². The number of benzene rings is 2. The van der Waals surface area contributed by atoms with Gasteiger partial charge in [-0.1, -0.05) is 35.9 Å². The number of hydrogen-bond acceptors (Lipinski definition) is 4. The molecule has 1 aliphatic rings. The van der Waals surface area contributed by atoms with Crippen LogP contribution in [0.15, 0.2) is 48.5 Å². The van der Waals surface area contributed by atoms with E-state index >= 15 is 0 Å². The van der Waals surface area contributed by atoms with E-state index in [-0.39, 0.29) is 6.03 Å². The van der Waals surface area contributed by atoms with Gasteiger partial charge in [-0.15, -0.1) is 0 Å². The quantitative estimate of drug-likeness (QED) is 0.797. The van der Waals surface area contributed by atoms with E-state index in [9.17, 15) is 4.79 Å². The molecule has 1 saturated heterocycles. The summed E-state index contributed by atoms with van der Waals surface area (Å²) in [7, 11) is 1.66. The summed E-state index contributed by atoms with van der Waals surface area (Å²) >= 11 is 0. The van der Waals surface area contributed by atoms with Gasteiger partial charge >= 0.3 is 6.03 Å². The standard InChI is InChI=1S/C22H29N3O3/c1-18-7-9-20(10-8-18)23-22(26)25(12-11-24-13-15-28-16-14-24)17-19-5-3-4-6-21(19)27-2/h3-10H,11-17H2,1-2H3,(H,23,26). The number of carbonyl (C=O) groups is 1. The van der Waals surface area contributed by atoms with Gasteiger partial charge in [-0.25, -0.2) is 4.79 Å². The molecule has 6 heteroatoms. The maximum absolute atomic E-state index is 13.0. The Kier molecular flexibility index (Phi) is 7.28. The first-order valence-electron chi connectivity index (χ1n) is 9.70. The third kappa shape index (κ3) is 5.71. The molecule has 0 saturated carbocycles. The summed E-state index contributed by atoms with van der Waals surface area (Å²) in [5.74, 6) is 0.794. The number of rotatable bonds is 7. The van der Waals surface area contributed by atoms with Gasteiger partial charge in [-0.05, 0) is 25.1 Å². The molecule has 150 valence electrons. The molecule has 3 rings (SSSR count). The fourth-order valence-corrected chi connectivity index (χ4v) is 3.22. The maximum atomic E-state index is 13.0. The largest absolute Gasteiger partial charge is 0.496 e. The Balaban J connectivity index is 1.70. The lowest BCUT2D eigenvalue weighted by atomic mass is 10.2. The lowest BCUT2D eigenvalue weighted by Gasteiger charge is -2.30. The highest BCUT2D eigenvalue weighted by Gasteiger charge is 2.18. The van der Waals surface area contributed by atoms with Gasteiger partial charge in [-0.3, -0.25) is 4.90 Å². The van der Waals surface area contributed by atoms with E-state index in [1.165, 1.54) is 0 Å². The van der Waals surface area contributed by atoms with Crippen molar-refractivity contribution >= 4 is 11.7 Å². The molecule has 0 aliphatic carbocycles. The number of amides is 2. The van der Waals surface area contributed by atoms with Gasteiger partial charge in [0.25, 0.3) is 0 Å². The van der Waals surface area contributed by atoms with Crippen molar-refractivity contribution in [1.82, 2.24) is 9.80 Å². The van der Waals surface area contributed by atoms with E-state index in [2.05, 4.69) is 10.2 Å². The van der Waals surface area contributed by atoms with Crippen LogP contribution in [0.3, 0.4) is 0 Å². The van der Waals surface area contributed by atoms with Crippen LogP contribution in [0, 0.1) is 6.92 Å². The Bertz CT molecular complexity index is 758. The number of para-hydroxylation sites is 1. The van der Waals surface area contributed by atoms with E-state index in [0.29, 0.717) is 13.1 Å². The van der Waals surface area contributed by atoms with Gasteiger partial charge in [0.1, 0.15) is 5.75 Å². The van der Waals surface area contributed by atoms with Crippen molar-refractivity contribution < 1.29 is 14.3 Å². The van der Waals surface area contributed by atoms with Crippen molar-refractivity contribution in [2.24, 2.45) is 0 Å². The Labute approximate surface area is 167 Å². The van der Waals surface area contributed by atoms with Gasteiger partial charge in [0.05, 0.1) is 26.9 Å². The smallest absolute Gasteiger partial charge is 0.322 e. The van der Waals surface area contributed by atoms with Crippen LogP contribution in [0.1, 0.15) is 11.1 Å². The van der Waals surface area contributed by atoms with Crippen LogP contribution in [-0.4, -0.2) is 62.3 Å². The highest BCUT2D eigenvalue weighted by atomic mass is 16.5. The molecule has 6 nitrogen and oxygen atoms in total. The Morgan fingerprint density at radius 3 is 2.57 bits per heavy atom. The number of nitrogens with zero attached hydrogens (tertiary/aromatic N) is 2. The first kappa shape index (κ1) is 20.2.